The number of nitro benzene ring substituents is 1. The largest absolute Gasteiger partial charge is 0.444 e. The number of amides is 1. The molecule has 11 heteroatoms. The maximum atomic E-state index is 11.9. The van der Waals surface area contributed by atoms with E-state index in [1.807, 2.05) is 20.8 Å². The monoisotopic (exact) mass is 760 g/mol. The zero-order valence-electron chi connectivity index (χ0n) is 33.3. The Labute approximate surface area is 326 Å². The van der Waals surface area contributed by atoms with E-state index in [-0.39, 0.29) is 16.7 Å². The number of piperidine rings is 2. The van der Waals surface area contributed by atoms with Gasteiger partial charge < -0.3 is 30.9 Å². The smallest absolute Gasteiger partial charge is 0.407 e. The first-order chi connectivity index (χ1) is 25.8. The molecule has 2 saturated heterocycles. The lowest BCUT2D eigenvalue weighted by atomic mass is 9.66. The number of carbonyl (C=O) groups is 1. The number of benzene rings is 3. The fourth-order valence-electron chi connectivity index (χ4n) is 7.22. The van der Waals surface area contributed by atoms with Crippen LogP contribution in [0.15, 0.2) is 72.8 Å². The van der Waals surface area contributed by atoms with Gasteiger partial charge in [-0.1, -0.05) is 60.0 Å². The summed E-state index contributed by atoms with van der Waals surface area (Å²) in [5.41, 5.74) is 6.00. The minimum absolute atomic E-state index is 0.197. The zero-order chi connectivity index (χ0) is 39.0. The molecule has 2 heterocycles. The van der Waals surface area contributed by atoms with Gasteiger partial charge in [-0.2, -0.15) is 0 Å². The number of alkyl carbamates (subject to hydrolysis) is 1. The third-order valence-electron chi connectivity index (χ3n) is 10.5. The van der Waals surface area contributed by atoms with Crippen LogP contribution >= 0.6 is 9.24 Å². The Morgan fingerprint density at radius 2 is 1.43 bits per heavy atom. The fraction of sp³-hybridized carbons (Fsp3) is 0.558. The molecule has 0 bridgehead atoms. The van der Waals surface area contributed by atoms with E-state index in [0.717, 1.165) is 38.2 Å². The van der Waals surface area contributed by atoms with Crippen LogP contribution in [0.1, 0.15) is 88.8 Å². The SMILES string of the molecule is Cc1ccc(NC2CCN(CC3(CCNC(=O)OC(C)(C)C)CCC3)CC2)cc1.Cc1ccc(NC2CCNCC2)cc1.O=[N+]([O-])c1ccccc1CP. The van der Waals surface area contributed by atoms with Crippen LogP contribution in [0.4, 0.5) is 21.9 Å². The van der Waals surface area contributed by atoms with Crippen molar-refractivity contribution in [3.05, 3.63) is 99.6 Å². The van der Waals surface area contributed by atoms with E-state index >= 15 is 0 Å². The molecule has 296 valence electrons. The van der Waals surface area contributed by atoms with Gasteiger partial charge in [0.15, 0.2) is 0 Å². The molecule has 1 amide bonds. The third kappa shape index (κ3) is 15.2. The number of para-hydroxylation sites is 1. The summed E-state index contributed by atoms with van der Waals surface area (Å²) in [7, 11) is 2.47. The van der Waals surface area contributed by atoms with Gasteiger partial charge >= 0.3 is 6.09 Å². The van der Waals surface area contributed by atoms with Crippen molar-refractivity contribution in [1.29, 1.82) is 0 Å². The lowest BCUT2D eigenvalue weighted by Gasteiger charge is -2.47. The standard InChI is InChI=1S/C24H39N3O2.C12H18N2.C7H8NO2P/c1-19-6-8-20(9-7-19)26-21-10-16-27(17-11-21)18-24(12-5-13-24)14-15-25-22(28)29-23(2,3)4;1-10-2-4-11(5-3-10)14-12-6-8-13-9-7-12;9-8(10)7-4-2-1-3-6(7)5-11/h6-9,21,26H,5,10-18H2,1-4H3,(H,25,28);2-5,12-14H,6-9H2,1H3;1-4H,5,11H2. The zero-order valence-corrected chi connectivity index (χ0v) is 34.4. The van der Waals surface area contributed by atoms with Gasteiger partial charge in [-0.25, -0.2) is 4.79 Å². The number of ether oxygens (including phenoxy) is 1. The van der Waals surface area contributed by atoms with Crippen molar-refractivity contribution in [2.24, 2.45) is 5.41 Å². The maximum Gasteiger partial charge on any atom is 0.407 e. The number of likely N-dealkylation sites (tertiary alicyclic amines) is 1. The Hall–Kier alpha value is -3.72. The predicted molar refractivity (Wildman–Crippen MR) is 227 cm³/mol. The fourth-order valence-corrected chi connectivity index (χ4v) is 7.56. The molecule has 3 fully saturated rings. The number of hydrogen-bond acceptors (Lipinski definition) is 8. The van der Waals surface area contributed by atoms with Gasteiger partial charge in [-0.05, 0) is 128 Å². The topological polar surface area (TPSA) is 121 Å². The molecule has 4 N–H and O–H groups in total. The highest BCUT2D eigenvalue weighted by Gasteiger charge is 2.38. The first kappa shape index (κ1) is 43.0. The predicted octanol–water partition coefficient (Wildman–Crippen LogP) is 9.09. The number of carbonyl (C=O) groups excluding carboxylic acids is 1. The molecule has 6 rings (SSSR count). The van der Waals surface area contributed by atoms with E-state index in [1.165, 1.54) is 80.1 Å². The third-order valence-corrected chi connectivity index (χ3v) is 10.9. The minimum Gasteiger partial charge on any atom is -0.444 e. The van der Waals surface area contributed by atoms with E-state index < -0.39 is 5.60 Å². The number of hydrogen-bond donors (Lipinski definition) is 4. The van der Waals surface area contributed by atoms with E-state index in [0.29, 0.717) is 30.2 Å². The summed E-state index contributed by atoms with van der Waals surface area (Å²) in [6, 6.07) is 25.3. The Bertz CT molecular complexity index is 1560. The van der Waals surface area contributed by atoms with Crippen molar-refractivity contribution in [1.82, 2.24) is 15.5 Å². The molecule has 3 aromatic carbocycles. The minimum atomic E-state index is -0.435. The van der Waals surface area contributed by atoms with E-state index in [4.69, 9.17) is 4.74 Å². The van der Waals surface area contributed by atoms with Gasteiger partial charge in [-0.3, -0.25) is 10.1 Å². The summed E-state index contributed by atoms with van der Waals surface area (Å²) in [5.74, 6) is 0. The summed E-state index contributed by atoms with van der Waals surface area (Å²) in [6.07, 6.45) is 10.1. The van der Waals surface area contributed by atoms with E-state index in [2.05, 4.69) is 97.8 Å². The number of nitrogens with zero attached hydrogens (tertiary/aromatic N) is 2. The summed E-state index contributed by atoms with van der Waals surface area (Å²) in [6.45, 7) is 16.4. The van der Waals surface area contributed by atoms with Gasteiger partial charge in [0.25, 0.3) is 5.69 Å². The van der Waals surface area contributed by atoms with Gasteiger partial charge in [-0.15, -0.1) is 9.24 Å². The first-order valence-electron chi connectivity index (χ1n) is 19.8. The van der Waals surface area contributed by atoms with Gasteiger partial charge in [0.2, 0.25) is 0 Å². The molecule has 1 unspecified atom stereocenters. The molecular weight excluding hydrogens is 695 g/mol. The van der Waals surface area contributed by atoms with Crippen LogP contribution in [0, 0.1) is 29.4 Å². The molecule has 54 heavy (non-hydrogen) atoms. The molecule has 1 atom stereocenters. The lowest BCUT2D eigenvalue weighted by molar-refractivity contribution is -0.385. The van der Waals surface area contributed by atoms with E-state index in [9.17, 15) is 14.9 Å². The average molecular weight is 761 g/mol. The highest BCUT2D eigenvalue weighted by molar-refractivity contribution is 7.15. The molecule has 0 spiro atoms. The quantitative estimate of drug-likeness (QED) is 0.0869. The number of aryl methyl sites for hydroxylation is 2. The Kier molecular flexibility index (Phi) is 17.0. The van der Waals surface area contributed by atoms with E-state index in [1.54, 1.807) is 18.2 Å². The highest BCUT2D eigenvalue weighted by Crippen LogP contribution is 2.44. The molecule has 3 aromatic rings. The summed E-state index contributed by atoms with van der Waals surface area (Å²) in [5, 5.41) is 24.0. The normalized spacial score (nSPS) is 17.4. The van der Waals surface area contributed by atoms with Gasteiger partial charge in [0.1, 0.15) is 5.60 Å². The van der Waals surface area contributed by atoms with Crippen molar-refractivity contribution in [3.8, 4) is 0 Å². The van der Waals surface area contributed by atoms with Crippen LogP contribution < -0.4 is 21.3 Å². The van der Waals surface area contributed by atoms with Crippen molar-refractivity contribution in [2.45, 2.75) is 110 Å². The van der Waals surface area contributed by atoms with Crippen LogP contribution in [0.5, 0.6) is 0 Å². The van der Waals surface area contributed by atoms with Crippen molar-refractivity contribution in [3.63, 3.8) is 0 Å². The molecule has 10 nitrogen and oxygen atoms in total. The lowest BCUT2D eigenvalue weighted by Crippen LogP contribution is -2.48. The van der Waals surface area contributed by atoms with Crippen molar-refractivity contribution >= 4 is 32.4 Å². The number of nitrogens with one attached hydrogen (secondary N) is 4. The number of rotatable bonds is 11. The van der Waals surface area contributed by atoms with Crippen LogP contribution in [0.3, 0.4) is 0 Å². The van der Waals surface area contributed by atoms with Crippen molar-refractivity contribution < 1.29 is 14.5 Å². The number of anilines is 2. The summed E-state index contributed by atoms with van der Waals surface area (Å²) < 4.78 is 5.35. The maximum absolute atomic E-state index is 11.9. The second-order valence-electron chi connectivity index (χ2n) is 16.2. The summed E-state index contributed by atoms with van der Waals surface area (Å²) >= 11 is 0. The van der Waals surface area contributed by atoms with Crippen LogP contribution in [-0.2, 0) is 10.9 Å². The van der Waals surface area contributed by atoms with Gasteiger partial charge in [0.05, 0.1) is 4.92 Å². The van der Waals surface area contributed by atoms with Crippen LogP contribution in [0.2, 0.25) is 0 Å². The molecule has 0 radical (unpaired) electrons. The number of nitro groups is 1. The molecule has 1 saturated carbocycles. The molecule has 1 aliphatic carbocycles. The molecule has 0 aromatic heterocycles. The summed E-state index contributed by atoms with van der Waals surface area (Å²) in [4.78, 5) is 24.5. The Morgan fingerprint density at radius 3 is 1.89 bits per heavy atom. The van der Waals surface area contributed by atoms with Crippen LogP contribution in [-0.4, -0.2) is 72.9 Å². The second-order valence-corrected chi connectivity index (χ2v) is 16.6. The average Bonchev–Trinajstić information content (AvgIpc) is 3.13. The molecular formula is C43H65N6O4P. The first-order valence-corrected chi connectivity index (χ1v) is 20.6. The van der Waals surface area contributed by atoms with Gasteiger partial charge in [0, 0.05) is 61.3 Å². The molecule has 2 aliphatic heterocycles. The molecule has 3 aliphatic rings. The highest BCUT2D eigenvalue weighted by atomic mass is 31.0. The second kappa shape index (κ2) is 21.4. The Balaban J connectivity index is 0.000000213. The Morgan fingerprint density at radius 1 is 0.889 bits per heavy atom. The van der Waals surface area contributed by atoms with Crippen molar-refractivity contribution in [2.75, 3.05) is 49.9 Å². The van der Waals surface area contributed by atoms with Crippen LogP contribution in [0.25, 0.3) is 0 Å².